The average molecular weight is 435 g/mol. The SMILES string of the molecule is Cc1nc2c(cnn2C(C)C)cc1C(=O)N1CCN(CC(=O)NCc2ccccc2)CC1. The van der Waals surface area contributed by atoms with Crippen LogP contribution in [0.15, 0.2) is 42.6 Å². The molecule has 1 fully saturated rings. The smallest absolute Gasteiger partial charge is 0.255 e. The third-order valence-corrected chi connectivity index (χ3v) is 5.84. The Bertz CT molecular complexity index is 1100. The molecular formula is C24H30N6O2. The number of fused-ring (bicyclic) bond motifs is 1. The number of benzene rings is 1. The normalized spacial score (nSPS) is 14.8. The Labute approximate surface area is 188 Å². The topological polar surface area (TPSA) is 83.4 Å². The van der Waals surface area contributed by atoms with Gasteiger partial charge in [0.2, 0.25) is 5.91 Å². The van der Waals surface area contributed by atoms with Crippen molar-refractivity contribution in [2.24, 2.45) is 0 Å². The molecular weight excluding hydrogens is 404 g/mol. The van der Waals surface area contributed by atoms with Gasteiger partial charge in [0.1, 0.15) is 0 Å². The van der Waals surface area contributed by atoms with E-state index in [1.54, 1.807) is 6.20 Å². The van der Waals surface area contributed by atoms with Crippen molar-refractivity contribution in [1.82, 2.24) is 29.9 Å². The van der Waals surface area contributed by atoms with Crippen molar-refractivity contribution >= 4 is 22.8 Å². The number of amides is 2. The lowest BCUT2D eigenvalue weighted by Gasteiger charge is -2.34. The molecule has 1 saturated heterocycles. The maximum atomic E-state index is 13.2. The summed E-state index contributed by atoms with van der Waals surface area (Å²) in [6, 6.07) is 12.0. The Balaban J connectivity index is 1.32. The van der Waals surface area contributed by atoms with Crippen LogP contribution in [0, 0.1) is 6.92 Å². The van der Waals surface area contributed by atoms with Crippen molar-refractivity contribution < 1.29 is 9.59 Å². The van der Waals surface area contributed by atoms with E-state index < -0.39 is 0 Å². The van der Waals surface area contributed by atoms with Crippen LogP contribution in [0.1, 0.15) is 41.5 Å². The maximum Gasteiger partial charge on any atom is 0.255 e. The largest absolute Gasteiger partial charge is 0.351 e. The third-order valence-electron chi connectivity index (χ3n) is 5.84. The lowest BCUT2D eigenvalue weighted by molar-refractivity contribution is -0.122. The Hall–Kier alpha value is -3.26. The summed E-state index contributed by atoms with van der Waals surface area (Å²) < 4.78 is 1.87. The first-order chi connectivity index (χ1) is 15.4. The number of hydrogen-bond donors (Lipinski definition) is 1. The van der Waals surface area contributed by atoms with Crippen LogP contribution < -0.4 is 5.32 Å². The van der Waals surface area contributed by atoms with E-state index in [9.17, 15) is 9.59 Å². The fraction of sp³-hybridized carbons (Fsp3) is 0.417. The van der Waals surface area contributed by atoms with Gasteiger partial charge in [0, 0.05) is 44.2 Å². The number of aryl methyl sites for hydroxylation is 1. The zero-order chi connectivity index (χ0) is 22.7. The first-order valence-corrected chi connectivity index (χ1v) is 11.1. The van der Waals surface area contributed by atoms with Crippen LogP contribution in [0.5, 0.6) is 0 Å². The number of carbonyl (C=O) groups excluding carboxylic acids is 2. The number of hydrogen-bond acceptors (Lipinski definition) is 5. The molecule has 3 aromatic rings. The lowest BCUT2D eigenvalue weighted by Crippen LogP contribution is -2.51. The molecule has 0 radical (unpaired) electrons. The first kappa shape index (κ1) is 22.0. The summed E-state index contributed by atoms with van der Waals surface area (Å²) in [5, 5.41) is 8.24. The van der Waals surface area contributed by atoms with Crippen molar-refractivity contribution in [1.29, 1.82) is 0 Å². The van der Waals surface area contributed by atoms with Crippen molar-refractivity contribution in [3.8, 4) is 0 Å². The Morgan fingerprint density at radius 1 is 1.09 bits per heavy atom. The molecule has 2 aromatic heterocycles. The fourth-order valence-corrected chi connectivity index (χ4v) is 4.00. The minimum atomic E-state index is -0.0117. The summed E-state index contributed by atoms with van der Waals surface area (Å²) in [6.45, 7) is 9.39. The molecule has 8 nitrogen and oxygen atoms in total. The molecule has 1 N–H and O–H groups in total. The van der Waals surface area contributed by atoms with Crippen LogP contribution in [0.2, 0.25) is 0 Å². The summed E-state index contributed by atoms with van der Waals surface area (Å²) in [4.78, 5) is 34.0. The Morgan fingerprint density at radius 2 is 1.81 bits per heavy atom. The van der Waals surface area contributed by atoms with Gasteiger partial charge in [0.05, 0.1) is 24.0 Å². The molecule has 1 aromatic carbocycles. The van der Waals surface area contributed by atoms with E-state index in [-0.39, 0.29) is 17.9 Å². The summed E-state index contributed by atoms with van der Waals surface area (Å²) in [5.41, 5.74) is 3.22. The van der Waals surface area contributed by atoms with Crippen molar-refractivity contribution in [3.63, 3.8) is 0 Å². The van der Waals surface area contributed by atoms with Gasteiger partial charge in [0.15, 0.2) is 5.65 Å². The van der Waals surface area contributed by atoms with Gasteiger partial charge in [-0.15, -0.1) is 0 Å². The van der Waals surface area contributed by atoms with Crippen LogP contribution in [-0.4, -0.2) is 69.1 Å². The predicted octanol–water partition coefficient (Wildman–Crippen LogP) is 2.39. The summed E-state index contributed by atoms with van der Waals surface area (Å²) >= 11 is 0. The number of carbonyl (C=O) groups is 2. The van der Waals surface area contributed by atoms with Crippen LogP contribution in [0.4, 0.5) is 0 Å². The molecule has 2 amide bonds. The highest BCUT2D eigenvalue weighted by atomic mass is 16.2. The van der Waals surface area contributed by atoms with Crippen LogP contribution in [0.3, 0.4) is 0 Å². The minimum absolute atomic E-state index is 0.00119. The second kappa shape index (κ2) is 9.48. The number of aromatic nitrogens is 3. The molecule has 32 heavy (non-hydrogen) atoms. The highest BCUT2D eigenvalue weighted by Gasteiger charge is 2.25. The molecule has 4 rings (SSSR count). The standard InChI is InChI=1S/C24H30N6O2/c1-17(2)30-23-20(15-26-30)13-21(18(3)27-23)24(32)29-11-9-28(10-12-29)16-22(31)25-14-19-7-5-4-6-8-19/h4-8,13,15,17H,9-12,14,16H2,1-3H3,(H,25,31). The molecule has 168 valence electrons. The van der Waals surface area contributed by atoms with Crippen LogP contribution >= 0.6 is 0 Å². The predicted molar refractivity (Wildman–Crippen MR) is 123 cm³/mol. The number of piperazine rings is 1. The molecule has 1 aliphatic heterocycles. The number of nitrogens with one attached hydrogen (secondary N) is 1. The second-order valence-corrected chi connectivity index (χ2v) is 8.55. The highest BCUT2D eigenvalue weighted by Crippen LogP contribution is 2.21. The summed E-state index contributed by atoms with van der Waals surface area (Å²) in [5.74, 6) is -0.0105. The van der Waals surface area contributed by atoms with E-state index >= 15 is 0 Å². The molecule has 8 heteroatoms. The lowest BCUT2D eigenvalue weighted by atomic mass is 10.1. The molecule has 0 atom stereocenters. The van der Waals surface area contributed by atoms with Crippen LogP contribution in [0.25, 0.3) is 11.0 Å². The molecule has 0 unspecified atom stereocenters. The van der Waals surface area contributed by atoms with Crippen LogP contribution in [-0.2, 0) is 11.3 Å². The van der Waals surface area contributed by atoms with Gasteiger partial charge >= 0.3 is 0 Å². The maximum absolute atomic E-state index is 13.2. The monoisotopic (exact) mass is 434 g/mol. The summed E-state index contributed by atoms with van der Waals surface area (Å²) in [7, 11) is 0. The van der Waals surface area contributed by atoms with E-state index in [0.29, 0.717) is 50.5 Å². The molecule has 1 aliphatic rings. The quantitative estimate of drug-likeness (QED) is 0.644. The van der Waals surface area contributed by atoms with Crippen molar-refractivity contribution in [2.45, 2.75) is 33.4 Å². The van der Waals surface area contributed by atoms with Crippen molar-refractivity contribution in [2.75, 3.05) is 32.7 Å². The van der Waals surface area contributed by atoms with Gasteiger partial charge in [-0.05, 0) is 32.4 Å². The second-order valence-electron chi connectivity index (χ2n) is 8.55. The van der Waals surface area contributed by atoms with Gasteiger partial charge in [-0.25, -0.2) is 9.67 Å². The first-order valence-electron chi connectivity index (χ1n) is 11.1. The number of nitrogens with zero attached hydrogens (tertiary/aromatic N) is 5. The Morgan fingerprint density at radius 3 is 2.50 bits per heavy atom. The van der Waals surface area contributed by atoms with E-state index in [1.807, 2.05) is 52.9 Å². The summed E-state index contributed by atoms with van der Waals surface area (Å²) in [6.07, 6.45) is 1.77. The minimum Gasteiger partial charge on any atom is -0.351 e. The van der Waals surface area contributed by atoms with E-state index in [1.165, 1.54) is 0 Å². The van der Waals surface area contributed by atoms with Gasteiger partial charge in [-0.3, -0.25) is 14.5 Å². The molecule has 0 aliphatic carbocycles. The highest BCUT2D eigenvalue weighted by molar-refractivity contribution is 5.98. The number of pyridine rings is 1. The number of rotatable bonds is 6. The Kier molecular flexibility index (Phi) is 6.50. The zero-order valence-corrected chi connectivity index (χ0v) is 18.9. The van der Waals surface area contributed by atoms with Gasteiger partial charge < -0.3 is 10.2 Å². The van der Waals surface area contributed by atoms with E-state index in [4.69, 9.17) is 0 Å². The van der Waals surface area contributed by atoms with Gasteiger partial charge in [-0.1, -0.05) is 30.3 Å². The van der Waals surface area contributed by atoms with Gasteiger partial charge in [0.25, 0.3) is 5.91 Å². The van der Waals surface area contributed by atoms with Crippen molar-refractivity contribution in [3.05, 3.63) is 59.4 Å². The fourth-order valence-electron chi connectivity index (χ4n) is 4.00. The molecule has 0 saturated carbocycles. The molecule has 0 spiro atoms. The molecule has 0 bridgehead atoms. The molecule has 3 heterocycles. The zero-order valence-electron chi connectivity index (χ0n) is 18.9. The van der Waals surface area contributed by atoms with Gasteiger partial charge in [-0.2, -0.15) is 5.10 Å². The third kappa shape index (κ3) is 4.80. The van der Waals surface area contributed by atoms with E-state index in [2.05, 4.69) is 34.1 Å². The average Bonchev–Trinajstić information content (AvgIpc) is 3.21. The van der Waals surface area contributed by atoms with E-state index in [0.717, 1.165) is 16.6 Å².